The normalized spacial score (nSPS) is 16.9. The van der Waals surface area contributed by atoms with Crippen molar-refractivity contribution < 1.29 is 18.7 Å². The fraction of sp³-hybridized carbons (Fsp3) is 0.389. The lowest BCUT2D eigenvalue weighted by Gasteiger charge is -2.26. The van der Waals surface area contributed by atoms with Gasteiger partial charge in [0.15, 0.2) is 0 Å². The van der Waals surface area contributed by atoms with Gasteiger partial charge in [-0.15, -0.1) is 0 Å². The van der Waals surface area contributed by atoms with Crippen molar-refractivity contribution in [2.45, 2.75) is 25.4 Å². The highest BCUT2D eigenvalue weighted by Gasteiger charge is 2.31. The molecule has 3 rings (SSSR count). The Balaban J connectivity index is 1.74. The molecular weight excluding hydrogens is 308 g/mol. The molecule has 1 fully saturated rings. The molecule has 0 radical (unpaired) electrons. The summed E-state index contributed by atoms with van der Waals surface area (Å²) < 4.78 is 15.8. The highest BCUT2D eigenvalue weighted by atomic mass is 16.5. The summed E-state index contributed by atoms with van der Waals surface area (Å²) in [7, 11) is 3.26. The van der Waals surface area contributed by atoms with E-state index >= 15 is 0 Å². The van der Waals surface area contributed by atoms with Crippen LogP contribution in [-0.4, -0.2) is 31.7 Å². The number of carbonyl (C=O) groups excluding carboxylic acids is 1. The third kappa shape index (κ3) is 3.32. The van der Waals surface area contributed by atoms with E-state index in [4.69, 9.17) is 13.9 Å². The van der Waals surface area contributed by atoms with Crippen molar-refractivity contribution in [2.24, 2.45) is 0 Å². The predicted molar refractivity (Wildman–Crippen MR) is 89.2 cm³/mol. The van der Waals surface area contributed by atoms with Crippen LogP contribution in [0.25, 0.3) is 0 Å². The Hall–Kier alpha value is -2.63. The number of methoxy groups -OCH3 is 2. The number of hydrogen-bond acceptors (Lipinski definition) is 4. The second-order valence-electron chi connectivity index (χ2n) is 5.75. The molecule has 128 valence electrons. The Morgan fingerprint density at radius 3 is 2.92 bits per heavy atom. The number of furan rings is 1. The molecule has 2 aromatic rings. The Labute approximate surface area is 141 Å². The fourth-order valence-corrected chi connectivity index (χ4v) is 3.10. The molecule has 0 aliphatic carbocycles. The summed E-state index contributed by atoms with van der Waals surface area (Å²) in [4.78, 5) is 14.4. The fourth-order valence-electron chi connectivity index (χ4n) is 3.10. The molecule has 1 atom stereocenters. The molecule has 1 saturated heterocycles. The van der Waals surface area contributed by atoms with Gasteiger partial charge in [0.2, 0.25) is 0 Å². The summed E-state index contributed by atoms with van der Waals surface area (Å²) in [6, 6.07) is 7.51. The van der Waals surface area contributed by atoms with Gasteiger partial charge in [-0.05, 0) is 31.0 Å². The molecule has 1 N–H and O–H groups in total. The first-order valence-corrected chi connectivity index (χ1v) is 8.00. The van der Waals surface area contributed by atoms with Crippen molar-refractivity contribution >= 4 is 6.03 Å². The van der Waals surface area contributed by atoms with Crippen LogP contribution in [0.4, 0.5) is 4.79 Å². The number of likely N-dealkylation sites (tertiary alicyclic amines) is 1. The summed E-state index contributed by atoms with van der Waals surface area (Å²) in [5.74, 6) is 1.48. The van der Waals surface area contributed by atoms with Crippen molar-refractivity contribution in [1.82, 2.24) is 10.2 Å². The monoisotopic (exact) mass is 330 g/mol. The molecule has 0 spiro atoms. The molecule has 1 aromatic heterocycles. The van der Waals surface area contributed by atoms with Gasteiger partial charge in [-0.25, -0.2) is 4.79 Å². The van der Waals surface area contributed by atoms with Crippen LogP contribution < -0.4 is 14.8 Å². The van der Waals surface area contributed by atoms with Gasteiger partial charge < -0.3 is 24.1 Å². The van der Waals surface area contributed by atoms with Crippen LogP contribution >= 0.6 is 0 Å². The first-order valence-electron chi connectivity index (χ1n) is 8.00. The maximum absolute atomic E-state index is 12.6. The highest BCUT2D eigenvalue weighted by molar-refractivity contribution is 5.75. The minimum atomic E-state index is -0.0726. The van der Waals surface area contributed by atoms with Gasteiger partial charge in [-0.1, -0.05) is 0 Å². The third-order valence-corrected chi connectivity index (χ3v) is 4.34. The van der Waals surface area contributed by atoms with E-state index in [-0.39, 0.29) is 12.1 Å². The highest BCUT2D eigenvalue weighted by Crippen LogP contribution is 2.38. The maximum atomic E-state index is 12.6. The van der Waals surface area contributed by atoms with Gasteiger partial charge in [-0.3, -0.25) is 0 Å². The molecule has 0 bridgehead atoms. The average Bonchev–Trinajstić information content (AvgIpc) is 3.30. The summed E-state index contributed by atoms with van der Waals surface area (Å²) in [6.07, 6.45) is 5.12. The number of nitrogens with one attached hydrogen (secondary N) is 1. The molecule has 24 heavy (non-hydrogen) atoms. The molecular formula is C18H22N2O4. The molecule has 1 aliphatic heterocycles. The smallest absolute Gasteiger partial charge is 0.318 e. The number of carbonyl (C=O) groups is 1. The van der Waals surface area contributed by atoms with Crippen LogP contribution in [0, 0.1) is 0 Å². The Morgan fingerprint density at radius 1 is 1.33 bits per heavy atom. The van der Waals surface area contributed by atoms with Crippen molar-refractivity contribution in [3.8, 4) is 11.5 Å². The molecule has 6 heteroatoms. The molecule has 6 nitrogen and oxygen atoms in total. The van der Waals surface area contributed by atoms with E-state index in [1.54, 1.807) is 26.7 Å². The third-order valence-electron chi connectivity index (χ3n) is 4.34. The van der Waals surface area contributed by atoms with Crippen LogP contribution in [0.3, 0.4) is 0 Å². The van der Waals surface area contributed by atoms with Crippen molar-refractivity contribution in [3.05, 3.63) is 47.9 Å². The van der Waals surface area contributed by atoms with Crippen LogP contribution in [0.2, 0.25) is 0 Å². The molecule has 0 saturated carbocycles. The summed E-state index contributed by atoms with van der Waals surface area (Å²) in [6.45, 7) is 1.19. The summed E-state index contributed by atoms with van der Waals surface area (Å²) >= 11 is 0. The lowest BCUT2D eigenvalue weighted by Crippen LogP contribution is -2.39. The SMILES string of the molecule is COc1ccc(C2CCCN2C(=O)NCc2ccoc2)c(OC)c1. The summed E-state index contributed by atoms with van der Waals surface area (Å²) in [5, 5.41) is 2.95. The number of nitrogens with zero attached hydrogens (tertiary/aromatic N) is 1. The number of rotatable bonds is 5. The van der Waals surface area contributed by atoms with Gasteiger partial charge in [0.1, 0.15) is 11.5 Å². The predicted octanol–water partition coefficient (Wildman–Crippen LogP) is 3.34. The Morgan fingerprint density at radius 2 is 2.21 bits per heavy atom. The van der Waals surface area contributed by atoms with E-state index < -0.39 is 0 Å². The first kappa shape index (κ1) is 16.2. The van der Waals surface area contributed by atoms with Crippen molar-refractivity contribution in [3.63, 3.8) is 0 Å². The Bertz CT molecular complexity index is 684. The minimum absolute atomic E-state index is 0.00945. The van der Waals surface area contributed by atoms with Crippen LogP contribution in [0.5, 0.6) is 11.5 Å². The molecule has 1 aliphatic rings. The largest absolute Gasteiger partial charge is 0.497 e. The number of ether oxygens (including phenoxy) is 2. The summed E-state index contributed by atoms with van der Waals surface area (Å²) in [5.41, 5.74) is 1.95. The quantitative estimate of drug-likeness (QED) is 0.913. The molecule has 2 heterocycles. The van der Waals surface area contributed by atoms with E-state index in [2.05, 4.69) is 5.32 Å². The van der Waals surface area contributed by atoms with Crippen molar-refractivity contribution in [2.75, 3.05) is 20.8 Å². The molecule has 1 unspecified atom stereocenters. The molecule has 1 aromatic carbocycles. The number of benzene rings is 1. The van der Waals surface area contributed by atoms with E-state index in [0.29, 0.717) is 6.54 Å². The Kier molecular flexibility index (Phi) is 4.93. The second-order valence-corrected chi connectivity index (χ2v) is 5.75. The minimum Gasteiger partial charge on any atom is -0.497 e. The standard InChI is InChI=1S/C18H22N2O4/c1-22-14-5-6-15(17(10-14)23-2)16-4-3-8-20(16)18(21)19-11-13-7-9-24-12-13/h5-7,9-10,12,16H,3-4,8,11H2,1-2H3,(H,19,21). The number of urea groups is 1. The topological polar surface area (TPSA) is 63.9 Å². The van der Waals surface area contributed by atoms with Gasteiger partial charge in [-0.2, -0.15) is 0 Å². The zero-order valence-electron chi connectivity index (χ0n) is 14.0. The maximum Gasteiger partial charge on any atom is 0.318 e. The van der Waals surface area contributed by atoms with E-state index in [1.807, 2.05) is 29.2 Å². The number of hydrogen-bond donors (Lipinski definition) is 1. The zero-order valence-corrected chi connectivity index (χ0v) is 14.0. The molecule has 2 amide bonds. The van der Waals surface area contributed by atoms with Gasteiger partial charge in [0.25, 0.3) is 0 Å². The second kappa shape index (κ2) is 7.29. The number of amides is 2. The lowest BCUT2D eigenvalue weighted by molar-refractivity contribution is 0.191. The van der Waals surface area contributed by atoms with Crippen molar-refractivity contribution in [1.29, 1.82) is 0 Å². The lowest BCUT2D eigenvalue weighted by atomic mass is 10.0. The first-order chi connectivity index (χ1) is 11.7. The van der Waals surface area contributed by atoms with Gasteiger partial charge >= 0.3 is 6.03 Å². The van der Waals surface area contributed by atoms with E-state index in [9.17, 15) is 4.79 Å². The van der Waals surface area contributed by atoms with Crippen LogP contribution in [0.15, 0.2) is 41.2 Å². The van der Waals surface area contributed by atoms with Crippen LogP contribution in [-0.2, 0) is 6.54 Å². The van der Waals surface area contributed by atoms with Gasteiger partial charge in [0, 0.05) is 30.3 Å². The van der Waals surface area contributed by atoms with Gasteiger partial charge in [0.05, 0.1) is 32.8 Å². The zero-order chi connectivity index (χ0) is 16.9. The van der Waals surface area contributed by atoms with E-state index in [0.717, 1.165) is 42.0 Å². The van der Waals surface area contributed by atoms with Crippen LogP contribution in [0.1, 0.15) is 30.0 Å². The average molecular weight is 330 g/mol. The van der Waals surface area contributed by atoms with E-state index in [1.165, 1.54) is 0 Å².